The zero-order valence-electron chi connectivity index (χ0n) is 15.1. The Balaban J connectivity index is 1.77. The van der Waals surface area contributed by atoms with Gasteiger partial charge in [0.15, 0.2) is 0 Å². The van der Waals surface area contributed by atoms with Crippen molar-refractivity contribution in [3.8, 4) is 16.3 Å². The van der Waals surface area contributed by atoms with Gasteiger partial charge in [0, 0.05) is 12.6 Å². The molecule has 0 N–H and O–H groups in total. The van der Waals surface area contributed by atoms with Gasteiger partial charge in [-0.1, -0.05) is 38.1 Å². The first-order valence-corrected chi connectivity index (χ1v) is 10.0. The van der Waals surface area contributed by atoms with Crippen molar-refractivity contribution in [3.63, 3.8) is 0 Å². The molecule has 134 valence electrons. The second-order valence-corrected chi connectivity index (χ2v) is 8.17. The minimum atomic E-state index is 0.0837. The van der Waals surface area contributed by atoms with Crippen molar-refractivity contribution in [2.24, 2.45) is 5.92 Å². The number of carbonyl (C=O) groups excluding carboxylic acids is 1. The van der Waals surface area contributed by atoms with E-state index < -0.39 is 0 Å². The third-order valence-electron chi connectivity index (χ3n) is 4.51. The van der Waals surface area contributed by atoms with Crippen molar-refractivity contribution < 1.29 is 4.79 Å². The predicted molar refractivity (Wildman–Crippen MR) is 106 cm³/mol. The van der Waals surface area contributed by atoms with Crippen LogP contribution in [0.3, 0.4) is 0 Å². The third kappa shape index (κ3) is 3.44. The molecule has 5 heteroatoms. The van der Waals surface area contributed by atoms with E-state index in [1.807, 2.05) is 58.8 Å². The molecular formula is C21H23N3OS. The van der Waals surface area contributed by atoms with E-state index in [0.717, 1.165) is 35.6 Å². The Kier molecular flexibility index (Phi) is 4.64. The lowest BCUT2D eigenvalue weighted by Gasteiger charge is -2.24. The van der Waals surface area contributed by atoms with Crippen molar-refractivity contribution in [2.45, 2.75) is 32.7 Å². The Morgan fingerprint density at radius 3 is 2.62 bits per heavy atom. The van der Waals surface area contributed by atoms with Crippen LogP contribution in [-0.2, 0) is 0 Å². The monoisotopic (exact) mass is 365 g/mol. The van der Waals surface area contributed by atoms with Crippen LogP contribution in [0.5, 0.6) is 0 Å². The van der Waals surface area contributed by atoms with Gasteiger partial charge in [0.2, 0.25) is 0 Å². The molecule has 0 bridgehead atoms. The number of benzene rings is 1. The molecule has 1 aliphatic rings. The maximum absolute atomic E-state index is 13.4. The van der Waals surface area contributed by atoms with Gasteiger partial charge in [-0.3, -0.25) is 4.79 Å². The van der Waals surface area contributed by atoms with Crippen LogP contribution in [-0.4, -0.2) is 33.2 Å². The molecule has 1 amide bonds. The lowest BCUT2D eigenvalue weighted by molar-refractivity contribution is 0.0713. The van der Waals surface area contributed by atoms with Gasteiger partial charge in [0.05, 0.1) is 10.6 Å². The van der Waals surface area contributed by atoms with Crippen LogP contribution in [0.25, 0.3) is 16.3 Å². The normalized spacial score (nSPS) is 14.0. The molecule has 3 aromatic rings. The molecule has 1 fully saturated rings. The molecule has 0 spiro atoms. The number of thiophene rings is 1. The van der Waals surface area contributed by atoms with E-state index in [0.29, 0.717) is 17.7 Å². The van der Waals surface area contributed by atoms with Crippen molar-refractivity contribution in [1.82, 2.24) is 14.7 Å². The SMILES string of the molecule is CC(C)CN(C(=O)c1cc(-c2cccs2)nn1-c1ccccc1)C1CC1. The summed E-state index contributed by atoms with van der Waals surface area (Å²) in [4.78, 5) is 16.5. The van der Waals surface area contributed by atoms with Gasteiger partial charge in [0.1, 0.15) is 11.4 Å². The molecule has 0 atom stereocenters. The Hall–Kier alpha value is -2.40. The van der Waals surface area contributed by atoms with E-state index in [1.54, 1.807) is 16.0 Å². The molecule has 4 rings (SSSR count). The first-order valence-electron chi connectivity index (χ1n) is 9.14. The van der Waals surface area contributed by atoms with E-state index in [9.17, 15) is 4.79 Å². The van der Waals surface area contributed by atoms with E-state index in [2.05, 4.69) is 13.8 Å². The highest BCUT2D eigenvalue weighted by Crippen LogP contribution is 2.31. The van der Waals surface area contributed by atoms with Crippen LogP contribution in [0.4, 0.5) is 0 Å². The molecule has 0 unspecified atom stereocenters. The molecule has 4 nitrogen and oxygen atoms in total. The number of nitrogens with zero attached hydrogens (tertiary/aromatic N) is 3. The molecule has 1 aliphatic carbocycles. The van der Waals surface area contributed by atoms with Crippen LogP contribution in [0.2, 0.25) is 0 Å². The molecule has 0 aliphatic heterocycles. The highest BCUT2D eigenvalue weighted by atomic mass is 32.1. The summed E-state index contributed by atoms with van der Waals surface area (Å²) in [6, 6.07) is 16.3. The maximum atomic E-state index is 13.4. The quantitative estimate of drug-likeness (QED) is 0.625. The minimum absolute atomic E-state index is 0.0837. The summed E-state index contributed by atoms with van der Waals surface area (Å²) in [5, 5.41) is 6.80. The van der Waals surface area contributed by atoms with Crippen LogP contribution in [0, 0.1) is 5.92 Å². The minimum Gasteiger partial charge on any atom is -0.334 e. The van der Waals surface area contributed by atoms with Gasteiger partial charge in [0.25, 0.3) is 5.91 Å². The number of rotatable bonds is 6. The highest BCUT2D eigenvalue weighted by Gasteiger charge is 2.35. The topological polar surface area (TPSA) is 38.1 Å². The van der Waals surface area contributed by atoms with Gasteiger partial charge in [-0.05, 0) is 48.4 Å². The average molecular weight is 366 g/mol. The van der Waals surface area contributed by atoms with Crippen LogP contribution in [0.1, 0.15) is 37.2 Å². The molecule has 2 heterocycles. The van der Waals surface area contributed by atoms with Crippen molar-refractivity contribution in [1.29, 1.82) is 0 Å². The summed E-state index contributed by atoms with van der Waals surface area (Å²) in [6.45, 7) is 5.11. The lowest BCUT2D eigenvalue weighted by atomic mass is 10.2. The Morgan fingerprint density at radius 1 is 1.23 bits per heavy atom. The van der Waals surface area contributed by atoms with E-state index in [4.69, 9.17) is 5.10 Å². The molecule has 2 aromatic heterocycles. The molecular weight excluding hydrogens is 342 g/mol. The molecule has 0 radical (unpaired) electrons. The Morgan fingerprint density at radius 2 is 2.00 bits per heavy atom. The summed E-state index contributed by atoms with van der Waals surface area (Å²) in [5.74, 6) is 0.532. The first kappa shape index (κ1) is 17.0. The second-order valence-electron chi connectivity index (χ2n) is 7.22. The van der Waals surface area contributed by atoms with Crippen molar-refractivity contribution in [2.75, 3.05) is 6.54 Å². The summed E-state index contributed by atoms with van der Waals surface area (Å²) in [5.41, 5.74) is 2.42. The average Bonchev–Trinajstić information content (AvgIpc) is 3.16. The summed E-state index contributed by atoms with van der Waals surface area (Å²) >= 11 is 1.64. The summed E-state index contributed by atoms with van der Waals surface area (Å²) < 4.78 is 1.80. The van der Waals surface area contributed by atoms with E-state index >= 15 is 0 Å². The standard InChI is InChI=1S/C21H23N3OS/c1-15(2)14-23(16-10-11-16)21(25)19-13-18(20-9-6-12-26-20)22-24(19)17-7-4-3-5-8-17/h3-9,12-13,15-16H,10-11,14H2,1-2H3. The maximum Gasteiger partial charge on any atom is 0.272 e. The van der Waals surface area contributed by atoms with Gasteiger partial charge in [-0.25, -0.2) is 4.68 Å². The third-order valence-corrected chi connectivity index (χ3v) is 5.41. The van der Waals surface area contributed by atoms with E-state index in [-0.39, 0.29) is 5.91 Å². The fourth-order valence-electron chi connectivity index (χ4n) is 3.17. The number of hydrogen-bond donors (Lipinski definition) is 0. The molecule has 1 saturated carbocycles. The van der Waals surface area contributed by atoms with Gasteiger partial charge in [-0.2, -0.15) is 5.10 Å². The fraction of sp³-hybridized carbons (Fsp3) is 0.333. The van der Waals surface area contributed by atoms with Crippen LogP contribution < -0.4 is 0 Å². The zero-order valence-corrected chi connectivity index (χ0v) is 15.9. The molecule has 1 aromatic carbocycles. The van der Waals surface area contributed by atoms with Crippen molar-refractivity contribution >= 4 is 17.2 Å². The fourth-order valence-corrected chi connectivity index (χ4v) is 3.85. The van der Waals surface area contributed by atoms with Crippen molar-refractivity contribution in [3.05, 3.63) is 59.6 Å². The predicted octanol–water partition coefficient (Wildman–Crippen LogP) is 4.86. The highest BCUT2D eigenvalue weighted by molar-refractivity contribution is 7.13. The van der Waals surface area contributed by atoms with Crippen LogP contribution in [0.15, 0.2) is 53.9 Å². The number of hydrogen-bond acceptors (Lipinski definition) is 3. The van der Waals surface area contributed by atoms with Crippen LogP contribution >= 0.6 is 11.3 Å². The van der Waals surface area contributed by atoms with Gasteiger partial charge < -0.3 is 4.90 Å². The Bertz CT molecular complexity index is 879. The van der Waals surface area contributed by atoms with Gasteiger partial charge in [-0.15, -0.1) is 11.3 Å². The van der Waals surface area contributed by atoms with E-state index in [1.165, 1.54) is 0 Å². The summed E-state index contributed by atoms with van der Waals surface area (Å²) in [6.07, 6.45) is 2.21. The largest absolute Gasteiger partial charge is 0.334 e. The lowest BCUT2D eigenvalue weighted by Crippen LogP contribution is -2.37. The zero-order chi connectivity index (χ0) is 18.1. The Labute approximate surface area is 158 Å². The van der Waals surface area contributed by atoms with Gasteiger partial charge >= 0.3 is 0 Å². The smallest absolute Gasteiger partial charge is 0.272 e. The second kappa shape index (κ2) is 7.08. The number of carbonyl (C=O) groups is 1. The molecule has 26 heavy (non-hydrogen) atoms. The number of para-hydroxylation sites is 1. The molecule has 0 saturated heterocycles. The number of aromatic nitrogens is 2. The number of amides is 1. The summed E-state index contributed by atoms with van der Waals surface area (Å²) in [7, 11) is 0. The first-order chi connectivity index (χ1) is 12.6.